The highest BCUT2D eigenvalue weighted by Crippen LogP contribution is 2.37. The molecular weight excluding hydrogens is 414 g/mol. The van der Waals surface area contributed by atoms with E-state index in [1.165, 1.54) is 37.7 Å². The van der Waals surface area contributed by atoms with Gasteiger partial charge >= 0.3 is 0 Å². The van der Waals surface area contributed by atoms with Crippen molar-refractivity contribution in [3.8, 4) is 0 Å². The van der Waals surface area contributed by atoms with Gasteiger partial charge in [0.1, 0.15) is 9.83 Å². The standard InChI is InChI=1S/C19H22BrN3S2/c1-3-4-5-6-7-13(2)14-8-10-15(11-9-14)22-23-17-12-16-18(25-17)21-19(20)24-16/h8-13H,3-7H2,1-2H3. The van der Waals surface area contributed by atoms with Crippen LogP contribution in [0.15, 0.2) is 44.5 Å². The molecule has 1 unspecified atom stereocenters. The Hall–Kier alpha value is -1.11. The van der Waals surface area contributed by atoms with Crippen molar-refractivity contribution in [2.75, 3.05) is 0 Å². The van der Waals surface area contributed by atoms with Crippen LogP contribution in [0.2, 0.25) is 0 Å². The van der Waals surface area contributed by atoms with Gasteiger partial charge in [0.15, 0.2) is 3.92 Å². The average Bonchev–Trinajstić information content (AvgIpc) is 3.14. The summed E-state index contributed by atoms with van der Waals surface area (Å²) in [6.45, 7) is 4.57. The van der Waals surface area contributed by atoms with Gasteiger partial charge in [0.25, 0.3) is 0 Å². The third-order valence-corrected chi connectivity index (χ3v) is 6.76. The number of rotatable bonds is 8. The Morgan fingerprint density at radius 2 is 1.88 bits per heavy atom. The number of nitrogens with zero attached hydrogens (tertiary/aromatic N) is 3. The Bertz CT molecular complexity index is 805. The van der Waals surface area contributed by atoms with E-state index in [0.29, 0.717) is 5.92 Å². The molecule has 0 aliphatic rings. The van der Waals surface area contributed by atoms with Crippen LogP contribution in [-0.4, -0.2) is 4.98 Å². The predicted octanol–water partition coefficient (Wildman–Crippen LogP) is 8.61. The second-order valence-corrected chi connectivity index (χ2v) is 9.58. The minimum atomic E-state index is 0.608. The van der Waals surface area contributed by atoms with Crippen LogP contribution in [0.1, 0.15) is 57.4 Å². The van der Waals surface area contributed by atoms with E-state index in [1.807, 2.05) is 6.07 Å². The highest BCUT2D eigenvalue weighted by Gasteiger charge is 2.07. The van der Waals surface area contributed by atoms with Crippen molar-refractivity contribution in [1.29, 1.82) is 0 Å². The number of thiophene rings is 1. The number of aromatic nitrogens is 1. The highest BCUT2D eigenvalue weighted by molar-refractivity contribution is 9.11. The number of fused-ring (bicyclic) bond motifs is 1. The summed E-state index contributed by atoms with van der Waals surface area (Å²) in [6, 6.07) is 10.5. The molecule has 1 aromatic carbocycles. The molecule has 2 heterocycles. The second-order valence-electron chi connectivity index (χ2n) is 6.26. The molecule has 0 aliphatic carbocycles. The van der Waals surface area contributed by atoms with Crippen LogP contribution in [0.25, 0.3) is 9.53 Å². The summed E-state index contributed by atoms with van der Waals surface area (Å²) < 4.78 is 2.06. The van der Waals surface area contributed by atoms with Gasteiger partial charge in [-0.3, -0.25) is 0 Å². The van der Waals surface area contributed by atoms with E-state index in [4.69, 9.17) is 0 Å². The van der Waals surface area contributed by atoms with Gasteiger partial charge in [0.05, 0.1) is 10.4 Å². The molecule has 2 aromatic heterocycles. The van der Waals surface area contributed by atoms with Crippen LogP contribution in [0, 0.1) is 0 Å². The zero-order chi connectivity index (χ0) is 17.6. The van der Waals surface area contributed by atoms with Gasteiger partial charge in [0, 0.05) is 0 Å². The van der Waals surface area contributed by atoms with Gasteiger partial charge < -0.3 is 0 Å². The fourth-order valence-corrected chi connectivity index (χ4v) is 5.34. The summed E-state index contributed by atoms with van der Waals surface area (Å²) in [4.78, 5) is 5.42. The summed E-state index contributed by atoms with van der Waals surface area (Å²) in [6.07, 6.45) is 6.56. The third-order valence-electron chi connectivity index (χ3n) is 4.27. The van der Waals surface area contributed by atoms with E-state index in [0.717, 1.165) is 24.1 Å². The molecule has 0 aliphatic heterocycles. The molecule has 1 atom stereocenters. The molecule has 0 saturated carbocycles. The number of unbranched alkanes of at least 4 members (excludes halogenated alkanes) is 3. The number of azo groups is 1. The first kappa shape index (κ1) is 18.7. The third kappa shape index (κ3) is 5.19. The van der Waals surface area contributed by atoms with Crippen LogP contribution >= 0.6 is 38.6 Å². The maximum atomic E-state index is 4.41. The van der Waals surface area contributed by atoms with Crippen molar-refractivity contribution in [2.45, 2.75) is 51.9 Å². The molecule has 25 heavy (non-hydrogen) atoms. The van der Waals surface area contributed by atoms with Crippen molar-refractivity contribution in [3.63, 3.8) is 0 Å². The van der Waals surface area contributed by atoms with Crippen LogP contribution in [0.3, 0.4) is 0 Å². The molecule has 0 radical (unpaired) electrons. The Balaban J connectivity index is 1.58. The maximum Gasteiger partial charge on any atom is 0.161 e. The second kappa shape index (κ2) is 9.01. The zero-order valence-corrected chi connectivity index (χ0v) is 17.8. The maximum absolute atomic E-state index is 4.41. The predicted molar refractivity (Wildman–Crippen MR) is 113 cm³/mol. The zero-order valence-electron chi connectivity index (χ0n) is 14.5. The molecule has 3 nitrogen and oxygen atoms in total. The van der Waals surface area contributed by atoms with E-state index in [9.17, 15) is 0 Å². The van der Waals surface area contributed by atoms with Gasteiger partial charge in [-0.05, 0) is 52.0 Å². The van der Waals surface area contributed by atoms with Crippen molar-refractivity contribution < 1.29 is 0 Å². The smallest absolute Gasteiger partial charge is 0.161 e. The lowest BCUT2D eigenvalue weighted by Crippen LogP contribution is -1.93. The number of benzene rings is 1. The molecule has 0 N–H and O–H groups in total. The van der Waals surface area contributed by atoms with Gasteiger partial charge in [0.2, 0.25) is 0 Å². The fourth-order valence-electron chi connectivity index (χ4n) is 2.77. The number of hydrogen-bond donors (Lipinski definition) is 0. The van der Waals surface area contributed by atoms with Crippen LogP contribution in [0.4, 0.5) is 10.7 Å². The quantitative estimate of drug-likeness (QED) is 0.257. The molecule has 0 fully saturated rings. The van der Waals surface area contributed by atoms with Crippen LogP contribution in [0.5, 0.6) is 0 Å². The van der Waals surface area contributed by atoms with Gasteiger partial charge in [-0.2, -0.15) is 0 Å². The van der Waals surface area contributed by atoms with E-state index in [-0.39, 0.29) is 0 Å². The molecule has 3 aromatic rings. The van der Waals surface area contributed by atoms with Gasteiger partial charge in [-0.1, -0.05) is 63.0 Å². The molecule has 3 rings (SSSR count). The SMILES string of the molecule is CCCCCCC(C)c1ccc(N=Nc2cc3sc(Br)nc3s2)cc1. The minimum Gasteiger partial charge on any atom is -0.218 e. The Morgan fingerprint density at radius 1 is 1.08 bits per heavy atom. The molecule has 6 heteroatoms. The Morgan fingerprint density at radius 3 is 2.60 bits per heavy atom. The van der Waals surface area contributed by atoms with Crippen molar-refractivity contribution in [3.05, 3.63) is 39.8 Å². The van der Waals surface area contributed by atoms with E-state index >= 15 is 0 Å². The normalized spacial score (nSPS) is 13.1. The number of halogens is 1. The summed E-state index contributed by atoms with van der Waals surface area (Å²) in [5.41, 5.74) is 2.29. The molecule has 0 bridgehead atoms. The summed E-state index contributed by atoms with van der Waals surface area (Å²) in [5.74, 6) is 0.608. The van der Waals surface area contributed by atoms with Gasteiger partial charge in [-0.15, -0.1) is 21.6 Å². The lowest BCUT2D eigenvalue weighted by molar-refractivity contribution is 0.580. The van der Waals surface area contributed by atoms with Crippen LogP contribution < -0.4 is 0 Å². The van der Waals surface area contributed by atoms with E-state index < -0.39 is 0 Å². The molecular formula is C19H22BrN3S2. The average molecular weight is 436 g/mol. The topological polar surface area (TPSA) is 37.6 Å². The Kier molecular flexibility index (Phi) is 6.73. The summed E-state index contributed by atoms with van der Waals surface area (Å²) in [7, 11) is 0. The van der Waals surface area contributed by atoms with Gasteiger partial charge in [-0.25, -0.2) is 4.98 Å². The highest BCUT2D eigenvalue weighted by atomic mass is 79.9. The minimum absolute atomic E-state index is 0.608. The lowest BCUT2D eigenvalue weighted by atomic mass is 9.95. The van der Waals surface area contributed by atoms with Crippen LogP contribution in [-0.2, 0) is 0 Å². The lowest BCUT2D eigenvalue weighted by Gasteiger charge is -2.11. The first-order chi connectivity index (χ1) is 12.2. The molecule has 0 saturated heterocycles. The number of thiazole rings is 1. The molecule has 132 valence electrons. The van der Waals surface area contributed by atoms with Crippen molar-refractivity contribution in [1.82, 2.24) is 4.98 Å². The van der Waals surface area contributed by atoms with Crippen molar-refractivity contribution >= 4 is 58.8 Å². The first-order valence-electron chi connectivity index (χ1n) is 8.73. The first-order valence-corrected chi connectivity index (χ1v) is 11.2. The summed E-state index contributed by atoms with van der Waals surface area (Å²) in [5, 5.41) is 9.61. The van der Waals surface area contributed by atoms with Crippen molar-refractivity contribution in [2.24, 2.45) is 10.2 Å². The molecule has 0 amide bonds. The largest absolute Gasteiger partial charge is 0.218 e. The molecule has 0 spiro atoms. The Labute approximate surface area is 165 Å². The van der Waals surface area contributed by atoms with E-state index in [2.05, 4.69) is 69.3 Å². The fraction of sp³-hybridized carbons (Fsp3) is 0.421. The van der Waals surface area contributed by atoms with E-state index in [1.54, 1.807) is 22.7 Å². The summed E-state index contributed by atoms with van der Waals surface area (Å²) >= 11 is 6.60. The monoisotopic (exact) mass is 435 g/mol. The number of hydrogen-bond acceptors (Lipinski definition) is 5.